The van der Waals surface area contributed by atoms with E-state index in [2.05, 4.69) is 13.8 Å². The number of hydrogen-bond donors (Lipinski definition) is 0. The average Bonchev–Trinajstić information content (AvgIpc) is 3.04. The topological polar surface area (TPSA) is 0 Å². The first kappa shape index (κ1) is 29.4. The Morgan fingerprint density at radius 2 is 0.405 bits per heavy atom. The van der Waals surface area contributed by atoms with Gasteiger partial charge in [0.25, 0.3) is 0 Å². The van der Waals surface area contributed by atoms with Gasteiger partial charge in [0.05, 0.1) is 0 Å². The third kappa shape index (κ3) is 5.03. The van der Waals surface area contributed by atoms with E-state index < -0.39 is 0 Å². The number of hydrogen-bond acceptors (Lipinski definition) is 0. The zero-order valence-corrected chi connectivity index (χ0v) is 28.2. The van der Waals surface area contributed by atoms with Crippen LogP contribution in [0.15, 0.2) is 0 Å². The molecule has 8 aliphatic carbocycles. The molecule has 0 heteroatoms. The molecule has 8 rings (SSSR count). The molecule has 0 amide bonds. The van der Waals surface area contributed by atoms with Crippen molar-refractivity contribution in [3.05, 3.63) is 0 Å². The number of rotatable bonds is 3. The fourth-order valence-corrected chi connectivity index (χ4v) is 16.1. The third-order valence-electron chi connectivity index (χ3n) is 17.2. The molecular weight excluding hydrogens is 504 g/mol. The molecule has 0 bridgehead atoms. The Hall–Kier alpha value is 0. The Morgan fingerprint density at radius 1 is 0.214 bits per heavy atom. The highest BCUT2D eigenvalue weighted by Crippen LogP contribution is 2.68. The molecule has 42 heavy (non-hydrogen) atoms. The van der Waals surface area contributed by atoms with E-state index in [0.29, 0.717) is 0 Å². The lowest BCUT2D eigenvalue weighted by atomic mass is 9.39. The minimum absolute atomic E-state index is 1.02. The van der Waals surface area contributed by atoms with E-state index in [9.17, 15) is 0 Å². The highest BCUT2D eigenvalue weighted by atomic mass is 14.7. The van der Waals surface area contributed by atoms with Gasteiger partial charge in [-0.05, 0) is 159 Å². The lowest BCUT2D eigenvalue weighted by Crippen LogP contribution is -2.60. The molecule has 0 radical (unpaired) electrons. The first-order valence-electron chi connectivity index (χ1n) is 20.7. The van der Waals surface area contributed by atoms with Crippen molar-refractivity contribution in [1.29, 1.82) is 0 Å². The van der Waals surface area contributed by atoms with Crippen molar-refractivity contribution in [3.8, 4) is 0 Å². The van der Waals surface area contributed by atoms with E-state index in [-0.39, 0.29) is 0 Å². The molecule has 8 fully saturated rings. The minimum atomic E-state index is 1.02. The summed E-state index contributed by atoms with van der Waals surface area (Å²) in [6.45, 7) is 5.41. The SMILES string of the molecule is CC1CCCCC1C1C2CCCCC2C(C2C3CCCCC3C(C3CCCCC3C)C3CCCCC32)C2CCCCC21. The molecule has 12 atom stereocenters. The molecule has 12 unspecified atom stereocenters. The van der Waals surface area contributed by atoms with Crippen molar-refractivity contribution >= 4 is 0 Å². The summed E-state index contributed by atoms with van der Waals surface area (Å²) in [5.41, 5.74) is 0. The summed E-state index contributed by atoms with van der Waals surface area (Å²) in [6.07, 6.45) is 38.2. The second kappa shape index (κ2) is 12.7. The van der Waals surface area contributed by atoms with Crippen molar-refractivity contribution < 1.29 is 0 Å². The van der Waals surface area contributed by atoms with Gasteiger partial charge in [0.1, 0.15) is 0 Å². The van der Waals surface area contributed by atoms with Gasteiger partial charge >= 0.3 is 0 Å². The summed E-state index contributed by atoms with van der Waals surface area (Å²) in [5.74, 6) is 17.7. The first-order valence-corrected chi connectivity index (χ1v) is 20.7. The Kier molecular flexibility index (Phi) is 8.86. The molecule has 8 aliphatic rings. The molecule has 0 N–H and O–H groups in total. The predicted octanol–water partition coefficient (Wildman–Crippen LogP) is 12.4. The maximum Gasteiger partial charge on any atom is -0.0318 e. The van der Waals surface area contributed by atoms with Crippen molar-refractivity contribution in [2.75, 3.05) is 0 Å². The summed E-state index contributed by atoms with van der Waals surface area (Å²) in [5, 5.41) is 0. The van der Waals surface area contributed by atoms with Crippen molar-refractivity contribution in [2.45, 2.75) is 168 Å². The van der Waals surface area contributed by atoms with Crippen molar-refractivity contribution in [3.63, 3.8) is 0 Å². The average molecular weight is 575 g/mol. The van der Waals surface area contributed by atoms with E-state index in [1.165, 1.54) is 12.8 Å². The van der Waals surface area contributed by atoms with Crippen molar-refractivity contribution in [2.24, 2.45) is 94.7 Å². The van der Waals surface area contributed by atoms with E-state index in [0.717, 1.165) is 94.7 Å². The monoisotopic (exact) mass is 575 g/mol. The van der Waals surface area contributed by atoms with Crippen LogP contribution in [-0.4, -0.2) is 0 Å². The van der Waals surface area contributed by atoms with E-state index in [1.807, 2.05) is 0 Å². The van der Waals surface area contributed by atoms with Gasteiger partial charge in [-0.2, -0.15) is 0 Å². The highest BCUT2D eigenvalue weighted by molar-refractivity contribution is 5.10. The molecule has 0 aromatic heterocycles. The molecule has 0 nitrogen and oxygen atoms in total. The second-order valence-electron chi connectivity index (χ2n) is 18.6. The molecule has 0 aromatic carbocycles. The number of fused-ring (bicyclic) bond motifs is 4. The molecule has 0 heterocycles. The van der Waals surface area contributed by atoms with Crippen LogP contribution in [0.25, 0.3) is 0 Å². The Labute approximate surface area is 262 Å². The van der Waals surface area contributed by atoms with E-state index in [4.69, 9.17) is 0 Å². The largest absolute Gasteiger partial charge is 0.0622 e. The molecule has 8 saturated carbocycles. The van der Waals surface area contributed by atoms with Gasteiger partial charge in [0.15, 0.2) is 0 Å². The molecule has 0 spiro atoms. The maximum absolute atomic E-state index is 2.71. The lowest BCUT2D eigenvalue weighted by molar-refractivity contribution is -0.177. The fourth-order valence-electron chi connectivity index (χ4n) is 16.1. The normalized spacial score (nSPS) is 55.0. The van der Waals surface area contributed by atoms with E-state index in [1.54, 1.807) is 141 Å². The Bertz CT molecular complexity index is 768. The van der Waals surface area contributed by atoms with E-state index >= 15 is 0 Å². The summed E-state index contributed by atoms with van der Waals surface area (Å²) in [4.78, 5) is 0. The van der Waals surface area contributed by atoms with Crippen LogP contribution in [-0.2, 0) is 0 Å². The fraction of sp³-hybridized carbons (Fsp3) is 1.00. The highest BCUT2D eigenvalue weighted by Gasteiger charge is 2.61. The van der Waals surface area contributed by atoms with Gasteiger partial charge < -0.3 is 0 Å². The van der Waals surface area contributed by atoms with Gasteiger partial charge in [0.2, 0.25) is 0 Å². The van der Waals surface area contributed by atoms with Crippen LogP contribution < -0.4 is 0 Å². The van der Waals surface area contributed by atoms with Crippen LogP contribution in [0.1, 0.15) is 168 Å². The quantitative estimate of drug-likeness (QED) is 0.314. The maximum atomic E-state index is 2.71. The van der Waals surface area contributed by atoms with Gasteiger partial charge in [-0.15, -0.1) is 0 Å². The molecule has 0 saturated heterocycles. The van der Waals surface area contributed by atoms with Gasteiger partial charge in [-0.1, -0.05) is 104 Å². The summed E-state index contributed by atoms with van der Waals surface area (Å²) >= 11 is 0. The zero-order chi connectivity index (χ0) is 28.2. The van der Waals surface area contributed by atoms with Crippen LogP contribution in [0.2, 0.25) is 0 Å². The van der Waals surface area contributed by atoms with Gasteiger partial charge in [0, 0.05) is 0 Å². The van der Waals surface area contributed by atoms with Crippen LogP contribution in [0.3, 0.4) is 0 Å². The molecule has 0 aromatic rings. The van der Waals surface area contributed by atoms with Crippen LogP contribution in [0, 0.1) is 94.7 Å². The minimum Gasteiger partial charge on any atom is -0.0622 e. The summed E-state index contributed by atoms with van der Waals surface area (Å²) < 4.78 is 0. The Morgan fingerprint density at radius 3 is 0.643 bits per heavy atom. The molecular formula is C42H70. The lowest BCUT2D eigenvalue weighted by Gasteiger charge is -2.66. The van der Waals surface area contributed by atoms with Gasteiger partial charge in [-0.3, -0.25) is 0 Å². The summed E-state index contributed by atoms with van der Waals surface area (Å²) in [7, 11) is 0. The first-order chi connectivity index (χ1) is 20.7. The molecule has 238 valence electrons. The van der Waals surface area contributed by atoms with Crippen LogP contribution in [0.4, 0.5) is 0 Å². The Balaban J connectivity index is 1.18. The third-order valence-corrected chi connectivity index (χ3v) is 17.2. The van der Waals surface area contributed by atoms with Crippen LogP contribution in [0.5, 0.6) is 0 Å². The summed E-state index contributed by atoms with van der Waals surface area (Å²) in [6, 6.07) is 0. The predicted molar refractivity (Wildman–Crippen MR) is 178 cm³/mol. The van der Waals surface area contributed by atoms with Gasteiger partial charge in [-0.25, -0.2) is 0 Å². The zero-order valence-electron chi connectivity index (χ0n) is 28.2. The second-order valence-corrected chi connectivity index (χ2v) is 18.6. The smallest absolute Gasteiger partial charge is 0.0318 e. The van der Waals surface area contributed by atoms with Crippen LogP contribution >= 0.6 is 0 Å². The van der Waals surface area contributed by atoms with Crippen molar-refractivity contribution in [1.82, 2.24) is 0 Å². The standard InChI is InChI=1S/C42H70/c1-27-15-3-5-17-29(27)39-31-19-7-11-23-35(31)41(36-24-12-8-20-32(36)39)42-37-25-13-9-21-33(37)40(30-18-6-4-16-28(30)2)34-22-10-14-26-38(34)42/h27-42H,3-26H2,1-2H3. The molecule has 0 aliphatic heterocycles.